The molecule has 11 heteroatoms. The van der Waals surface area contributed by atoms with Gasteiger partial charge < -0.3 is 4.57 Å². The Hall–Kier alpha value is -3.50. The quantitative estimate of drug-likeness (QED) is 0.410. The van der Waals surface area contributed by atoms with Crippen LogP contribution in [0.5, 0.6) is 0 Å². The summed E-state index contributed by atoms with van der Waals surface area (Å²) in [4.78, 5) is 4.69. The molecule has 8 nitrogen and oxygen atoms in total. The Morgan fingerprint density at radius 3 is 2.45 bits per heavy atom. The lowest BCUT2D eigenvalue weighted by Crippen LogP contribution is -2.09. The van der Waals surface area contributed by atoms with Crippen molar-refractivity contribution in [2.24, 2.45) is 0 Å². The van der Waals surface area contributed by atoms with Crippen molar-refractivity contribution in [1.82, 2.24) is 40.0 Å². The lowest BCUT2D eigenvalue weighted by molar-refractivity contribution is -0.137. The number of aryl methyl sites for hydroxylation is 1. The van der Waals surface area contributed by atoms with Gasteiger partial charge in [-0.25, -0.2) is 9.67 Å². The van der Waals surface area contributed by atoms with Gasteiger partial charge >= 0.3 is 6.18 Å². The highest BCUT2D eigenvalue weighted by Gasteiger charge is 2.37. The molecule has 0 unspecified atom stereocenters. The van der Waals surface area contributed by atoms with Crippen molar-refractivity contribution in [3.05, 3.63) is 59.3 Å². The Balaban J connectivity index is 1.64. The molecule has 0 amide bonds. The van der Waals surface area contributed by atoms with E-state index in [2.05, 4.69) is 46.5 Å². The maximum Gasteiger partial charge on any atom is 0.418 e. The Kier molecular flexibility index (Phi) is 6.30. The number of aromatic nitrogens is 8. The standard InChI is InChI=1S/C22H25F3N8/c1-4-5-6-18-26-20(14(2)3)29-33(18)13-15-7-9-16(10-8-15)32-12-11-17(22(23,24)25)19(32)21-27-30-31-28-21/h7-12,14H,4-6,13H2,1-3H3,(H,27,28,30,31). The number of H-pyrrole nitrogens is 1. The second-order valence-electron chi connectivity index (χ2n) is 8.15. The van der Waals surface area contributed by atoms with Crippen molar-refractivity contribution in [3.8, 4) is 17.2 Å². The van der Waals surface area contributed by atoms with Gasteiger partial charge in [-0.1, -0.05) is 39.3 Å². The minimum absolute atomic E-state index is 0.124. The molecule has 4 aromatic rings. The normalized spacial score (nSPS) is 12.1. The van der Waals surface area contributed by atoms with Crippen LogP contribution < -0.4 is 0 Å². The smallest absolute Gasteiger partial charge is 0.313 e. The SMILES string of the molecule is CCCCc1nc(C(C)C)nn1Cc1ccc(-n2ccc(C(F)(F)F)c2-c2nn[nH]n2)cc1. The zero-order valence-electron chi connectivity index (χ0n) is 18.6. The summed E-state index contributed by atoms with van der Waals surface area (Å²) in [5.41, 5.74) is 0.545. The van der Waals surface area contributed by atoms with E-state index in [9.17, 15) is 13.2 Å². The number of rotatable bonds is 8. The summed E-state index contributed by atoms with van der Waals surface area (Å²) >= 11 is 0. The van der Waals surface area contributed by atoms with E-state index in [-0.39, 0.29) is 17.4 Å². The molecule has 1 aromatic carbocycles. The number of benzene rings is 1. The second-order valence-corrected chi connectivity index (χ2v) is 8.15. The van der Waals surface area contributed by atoms with Crippen LogP contribution in [0.3, 0.4) is 0 Å². The first-order valence-electron chi connectivity index (χ1n) is 10.8. The van der Waals surface area contributed by atoms with Crippen LogP contribution in [0.1, 0.15) is 62.3 Å². The molecule has 0 saturated heterocycles. The fourth-order valence-electron chi connectivity index (χ4n) is 3.59. The molecule has 4 rings (SSSR count). The lowest BCUT2D eigenvalue weighted by Gasteiger charge is -2.12. The molecule has 0 atom stereocenters. The summed E-state index contributed by atoms with van der Waals surface area (Å²) < 4.78 is 44.0. The van der Waals surface area contributed by atoms with E-state index in [1.54, 1.807) is 12.1 Å². The van der Waals surface area contributed by atoms with E-state index in [0.29, 0.717) is 12.2 Å². The van der Waals surface area contributed by atoms with Crippen LogP contribution in [0.4, 0.5) is 13.2 Å². The third-order valence-corrected chi connectivity index (χ3v) is 5.33. The lowest BCUT2D eigenvalue weighted by atomic mass is 10.2. The summed E-state index contributed by atoms with van der Waals surface area (Å²) in [6.45, 7) is 6.80. The van der Waals surface area contributed by atoms with Crippen LogP contribution in [0.25, 0.3) is 17.2 Å². The maximum atomic E-state index is 13.5. The molecule has 0 bridgehead atoms. The fraction of sp³-hybridized carbons (Fsp3) is 0.409. The van der Waals surface area contributed by atoms with Gasteiger partial charge in [-0.2, -0.15) is 23.5 Å². The first kappa shape index (κ1) is 22.7. The Morgan fingerprint density at radius 1 is 1.09 bits per heavy atom. The van der Waals surface area contributed by atoms with Crippen LogP contribution in [-0.2, 0) is 19.1 Å². The van der Waals surface area contributed by atoms with Crippen LogP contribution >= 0.6 is 0 Å². The molecule has 3 aromatic heterocycles. The van der Waals surface area contributed by atoms with Crippen LogP contribution in [-0.4, -0.2) is 40.0 Å². The first-order valence-corrected chi connectivity index (χ1v) is 10.8. The average Bonchev–Trinajstić information content (AvgIpc) is 3.51. The first-order chi connectivity index (χ1) is 15.8. The molecule has 0 fully saturated rings. The number of tetrazole rings is 1. The number of nitrogens with zero attached hydrogens (tertiary/aromatic N) is 7. The zero-order chi connectivity index (χ0) is 23.6. The second kappa shape index (κ2) is 9.16. The number of unbranched alkanes of at least 4 members (excludes halogenated alkanes) is 1. The van der Waals surface area contributed by atoms with Crippen molar-refractivity contribution in [3.63, 3.8) is 0 Å². The molecule has 0 saturated carbocycles. The maximum absolute atomic E-state index is 13.5. The van der Waals surface area contributed by atoms with Gasteiger partial charge in [-0.15, -0.1) is 10.2 Å². The number of hydrogen-bond donors (Lipinski definition) is 1. The van der Waals surface area contributed by atoms with Crippen molar-refractivity contribution in [2.45, 2.75) is 58.7 Å². The number of hydrogen-bond acceptors (Lipinski definition) is 5. The van der Waals surface area contributed by atoms with Crippen molar-refractivity contribution in [1.29, 1.82) is 0 Å². The molecule has 0 aliphatic rings. The van der Waals surface area contributed by atoms with E-state index in [1.165, 1.54) is 10.8 Å². The van der Waals surface area contributed by atoms with Gasteiger partial charge in [0.25, 0.3) is 0 Å². The van der Waals surface area contributed by atoms with Gasteiger partial charge in [0.1, 0.15) is 11.5 Å². The van der Waals surface area contributed by atoms with Crippen molar-refractivity contribution in [2.75, 3.05) is 0 Å². The van der Waals surface area contributed by atoms with Crippen LogP contribution in [0.15, 0.2) is 36.5 Å². The van der Waals surface area contributed by atoms with E-state index in [1.807, 2.05) is 16.8 Å². The summed E-state index contributed by atoms with van der Waals surface area (Å²) in [7, 11) is 0. The summed E-state index contributed by atoms with van der Waals surface area (Å²) in [6.07, 6.45) is -0.233. The minimum atomic E-state index is -4.54. The largest absolute Gasteiger partial charge is 0.418 e. The molecule has 3 heterocycles. The molecule has 0 aliphatic carbocycles. The Bertz CT molecular complexity index is 1190. The Labute approximate surface area is 188 Å². The van der Waals surface area contributed by atoms with Gasteiger partial charge in [0.15, 0.2) is 5.82 Å². The molecular weight excluding hydrogens is 433 g/mol. The average molecular weight is 458 g/mol. The van der Waals surface area contributed by atoms with Gasteiger partial charge in [0.05, 0.1) is 12.1 Å². The molecular formula is C22H25F3N8. The van der Waals surface area contributed by atoms with Crippen molar-refractivity contribution >= 4 is 0 Å². The predicted octanol–water partition coefficient (Wildman–Crippen LogP) is 4.78. The predicted molar refractivity (Wildman–Crippen MR) is 116 cm³/mol. The van der Waals surface area contributed by atoms with Gasteiger partial charge in [0, 0.05) is 24.2 Å². The van der Waals surface area contributed by atoms with E-state index < -0.39 is 11.7 Å². The molecule has 0 aliphatic heterocycles. The van der Waals surface area contributed by atoms with Crippen LogP contribution in [0.2, 0.25) is 0 Å². The molecule has 1 N–H and O–H groups in total. The highest BCUT2D eigenvalue weighted by Crippen LogP contribution is 2.37. The topological polar surface area (TPSA) is 90.1 Å². The van der Waals surface area contributed by atoms with Crippen molar-refractivity contribution < 1.29 is 13.2 Å². The summed E-state index contributed by atoms with van der Waals surface area (Å²) in [5, 5.41) is 17.8. The third kappa shape index (κ3) is 4.81. The molecule has 174 valence electrons. The summed E-state index contributed by atoms with van der Waals surface area (Å²) in [6, 6.07) is 8.31. The van der Waals surface area contributed by atoms with E-state index in [4.69, 9.17) is 4.98 Å². The molecule has 33 heavy (non-hydrogen) atoms. The number of alkyl halides is 3. The number of nitrogens with one attached hydrogen (secondary N) is 1. The van der Waals surface area contributed by atoms with Crippen LogP contribution in [0, 0.1) is 0 Å². The van der Waals surface area contributed by atoms with E-state index in [0.717, 1.165) is 42.5 Å². The number of halogens is 3. The summed E-state index contributed by atoms with van der Waals surface area (Å²) in [5.74, 6) is 1.87. The number of aromatic amines is 1. The van der Waals surface area contributed by atoms with Gasteiger partial charge in [-0.3, -0.25) is 0 Å². The molecule has 0 spiro atoms. The zero-order valence-corrected chi connectivity index (χ0v) is 18.6. The fourth-order valence-corrected chi connectivity index (χ4v) is 3.59. The molecule has 0 radical (unpaired) electrons. The highest BCUT2D eigenvalue weighted by atomic mass is 19.4. The van der Waals surface area contributed by atoms with Gasteiger partial charge in [0.2, 0.25) is 5.82 Å². The third-order valence-electron chi connectivity index (χ3n) is 5.33. The van der Waals surface area contributed by atoms with Gasteiger partial charge in [-0.05, 0) is 35.4 Å². The minimum Gasteiger partial charge on any atom is -0.313 e. The Morgan fingerprint density at radius 2 is 1.85 bits per heavy atom. The monoisotopic (exact) mass is 458 g/mol. The highest BCUT2D eigenvalue weighted by molar-refractivity contribution is 5.61. The van der Waals surface area contributed by atoms with E-state index >= 15 is 0 Å².